The van der Waals surface area contributed by atoms with Gasteiger partial charge in [-0.3, -0.25) is 0 Å². The van der Waals surface area contributed by atoms with Crippen molar-refractivity contribution >= 4 is 39.2 Å². The fraction of sp³-hybridized carbons (Fsp3) is 0.235. The number of aryl methyl sites for hydroxylation is 2. The number of benzene rings is 2. The number of hydrogen-bond acceptors (Lipinski definition) is 2. The molecule has 23 heavy (non-hydrogen) atoms. The molecule has 2 amide bonds. The Morgan fingerprint density at radius 1 is 1.26 bits per heavy atom. The fourth-order valence-corrected chi connectivity index (χ4v) is 2.87. The minimum atomic E-state index is -0.309. The zero-order valence-electron chi connectivity index (χ0n) is 13.0. The number of carbonyl (C=O) groups is 1. The standard InChI is InChI=1S/C17H18BrClN2O2/c1-11-8-12(2)16(15(19)9-11)21-17(22)20-6-7-23-14-5-3-4-13(18)10-14/h3-5,8-10H,6-7H2,1-2H3,(H2,20,21,22). The molecule has 0 saturated heterocycles. The first kappa shape index (κ1) is 17.6. The summed E-state index contributed by atoms with van der Waals surface area (Å²) in [6, 6.07) is 11.0. The van der Waals surface area contributed by atoms with Crippen LogP contribution in [0.2, 0.25) is 5.02 Å². The molecule has 122 valence electrons. The second kappa shape index (κ2) is 8.22. The second-order valence-electron chi connectivity index (χ2n) is 5.13. The van der Waals surface area contributed by atoms with E-state index in [2.05, 4.69) is 26.6 Å². The number of anilines is 1. The molecule has 0 aliphatic heterocycles. The van der Waals surface area contributed by atoms with Gasteiger partial charge in [0.05, 0.1) is 17.3 Å². The van der Waals surface area contributed by atoms with Gasteiger partial charge in [0, 0.05) is 4.47 Å². The lowest BCUT2D eigenvalue weighted by atomic mass is 10.1. The van der Waals surface area contributed by atoms with Gasteiger partial charge in [0.1, 0.15) is 12.4 Å². The van der Waals surface area contributed by atoms with Crippen LogP contribution >= 0.6 is 27.5 Å². The molecule has 0 aliphatic rings. The summed E-state index contributed by atoms with van der Waals surface area (Å²) < 4.78 is 6.50. The zero-order chi connectivity index (χ0) is 16.8. The van der Waals surface area contributed by atoms with E-state index >= 15 is 0 Å². The van der Waals surface area contributed by atoms with Crippen molar-refractivity contribution in [1.29, 1.82) is 0 Å². The van der Waals surface area contributed by atoms with Crippen LogP contribution in [0.3, 0.4) is 0 Å². The van der Waals surface area contributed by atoms with Gasteiger partial charge in [0.15, 0.2) is 0 Å². The third-order valence-corrected chi connectivity index (χ3v) is 3.91. The highest BCUT2D eigenvalue weighted by Crippen LogP contribution is 2.27. The first-order valence-corrected chi connectivity index (χ1v) is 8.33. The molecule has 0 aromatic heterocycles. The van der Waals surface area contributed by atoms with Crippen LogP contribution in [0.4, 0.5) is 10.5 Å². The van der Waals surface area contributed by atoms with Crippen LogP contribution in [0, 0.1) is 13.8 Å². The Hall–Kier alpha value is -1.72. The molecule has 0 heterocycles. The molecule has 4 nitrogen and oxygen atoms in total. The molecular weight excluding hydrogens is 380 g/mol. The van der Waals surface area contributed by atoms with Crippen molar-refractivity contribution in [1.82, 2.24) is 5.32 Å². The van der Waals surface area contributed by atoms with Crippen molar-refractivity contribution in [2.75, 3.05) is 18.5 Å². The summed E-state index contributed by atoms with van der Waals surface area (Å²) in [6.45, 7) is 4.64. The van der Waals surface area contributed by atoms with E-state index in [0.717, 1.165) is 21.3 Å². The van der Waals surface area contributed by atoms with Gasteiger partial charge >= 0.3 is 6.03 Å². The minimum Gasteiger partial charge on any atom is -0.492 e. The van der Waals surface area contributed by atoms with Crippen LogP contribution < -0.4 is 15.4 Å². The Morgan fingerprint density at radius 3 is 2.74 bits per heavy atom. The predicted octanol–water partition coefficient (Wildman–Crippen LogP) is 4.92. The lowest BCUT2D eigenvalue weighted by molar-refractivity contribution is 0.247. The van der Waals surface area contributed by atoms with Gasteiger partial charge in [0.25, 0.3) is 0 Å². The van der Waals surface area contributed by atoms with Crippen LogP contribution in [0.15, 0.2) is 40.9 Å². The Balaban J connectivity index is 1.80. The third-order valence-electron chi connectivity index (χ3n) is 3.12. The van der Waals surface area contributed by atoms with Gasteiger partial charge in [-0.2, -0.15) is 0 Å². The average Bonchev–Trinajstić information content (AvgIpc) is 2.47. The molecule has 0 atom stereocenters. The number of ether oxygens (including phenoxy) is 1. The smallest absolute Gasteiger partial charge is 0.319 e. The molecule has 0 unspecified atom stereocenters. The van der Waals surface area contributed by atoms with Crippen LogP contribution in [0.5, 0.6) is 5.75 Å². The number of carbonyl (C=O) groups excluding carboxylic acids is 1. The quantitative estimate of drug-likeness (QED) is 0.704. The highest BCUT2D eigenvalue weighted by molar-refractivity contribution is 9.10. The topological polar surface area (TPSA) is 50.4 Å². The largest absolute Gasteiger partial charge is 0.492 e. The van der Waals surface area contributed by atoms with Crippen LogP contribution in [-0.2, 0) is 0 Å². The number of nitrogens with one attached hydrogen (secondary N) is 2. The molecule has 2 aromatic rings. The Labute approximate surface area is 149 Å². The molecule has 6 heteroatoms. The van der Waals surface area contributed by atoms with Gasteiger partial charge in [-0.05, 0) is 49.2 Å². The van der Waals surface area contributed by atoms with E-state index in [1.165, 1.54) is 0 Å². The van der Waals surface area contributed by atoms with E-state index in [0.29, 0.717) is 23.9 Å². The van der Waals surface area contributed by atoms with Crippen molar-refractivity contribution in [3.8, 4) is 5.75 Å². The summed E-state index contributed by atoms with van der Waals surface area (Å²) >= 11 is 9.54. The SMILES string of the molecule is Cc1cc(C)c(NC(=O)NCCOc2cccc(Br)c2)c(Cl)c1. The summed E-state index contributed by atoms with van der Waals surface area (Å²) in [5.41, 5.74) is 2.61. The lowest BCUT2D eigenvalue weighted by Crippen LogP contribution is -2.32. The second-order valence-corrected chi connectivity index (χ2v) is 6.45. The minimum absolute atomic E-state index is 0.309. The first-order valence-electron chi connectivity index (χ1n) is 7.15. The molecule has 0 aliphatic carbocycles. The van der Waals surface area contributed by atoms with Crippen LogP contribution in [0.1, 0.15) is 11.1 Å². The van der Waals surface area contributed by atoms with Crippen molar-refractivity contribution in [2.45, 2.75) is 13.8 Å². The normalized spacial score (nSPS) is 10.3. The van der Waals surface area contributed by atoms with Gasteiger partial charge in [-0.1, -0.05) is 39.7 Å². The summed E-state index contributed by atoms with van der Waals surface area (Å²) in [4.78, 5) is 11.9. The van der Waals surface area contributed by atoms with Crippen molar-refractivity contribution in [3.63, 3.8) is 0 Å². The van der Waals surface area contributed by atoms with E-state index in [4.69, 9.17) is 16.3 Å². The maximum atomic E-state index is 11.9. The Bertz CT molecular complexity index is 684. The number of amides is 2. The van der Waals surface area contributed by atoms with E-state index in [1.807, 2.05) is 50.2 Å². The number of urea groups is 1. The molecule has 0 saturated carbocycles. The molecular formula is C17H18BrClN2O2. The van der Waals surface area contributed by atoms with Gasteiger partial charge in [-0.15, -0.1) is 0 Å². The van der Waals surface area contributed by atoms with Gasteiger partial charge < -0.3 is 15.4 Å². The molecule has 0 fully saturated rings. The zero-order valence-corrected chi connectivity index (χ0v) is 15.3. The summed E-state index contributed by atoms with van der Waals surface area (Å²) in [5.74, 6) is 0.749. The summed E-state index contributed by atoms with van der Waals surface area (Å²) in [5, 5.41) is 6.04. The highest BCUT2D eigenvalue weighted by atomic mass is 79.9. The van der Waals surface area contributed by atoms with Crippen molar-refractivity contribution in [2.24, 2.45) is 0 Å². The lowest BCUT2D eigenvalue weighted by Gasteiger charge is -2.13. The molecule has 2 N–H and O–H groups in total. The molecule has 0 bridgehead atoms. The average molecular weight is 398 g/mol. The monoisotopic (exact) mass is 396 g/mol. The van der Waals surface area contributed by atoms with E-state index in [9.17, 15) is 4.79 Å². The number of rotatable bonds is 5. The molecule has 0 spiro atoms. The maximum absolute atomic E-state index is 11.9. The molecule has 2 rings (SSSR count). The molecule has 0 radical (unpaired) electrons. The van der Waals surface area contributed by atoms with E-state index in [1.54, 1.807) is 0 Å². The fourth-order valence-electron chi connectivity index (χ4n) is 2.12. The number of hydrogen-bond donors (Lipinski definition) is 2. The predicted molar refractivity (Wildman–Crippen MR) is 97.6 cm³/mol. The van der Waals surface area contributed by atoms with E-state index in [-0.39, 0.29) is 6.03 Å². The Kier molecular flexibility index (Phi) is 6.30. The summed E-state index contributed by atoms with van der Waals surface area (Å²) in [7, 11) is 0. The van der Waals surface area contributed by atoms with Gasteiger partial charge in [-0.25, -0.2) is 4.79 Å². The van der Waals surface area contributed by atoms with Crippen molar-refractivity contribution in [3.05, 3.63) is 57.0 Å². The van der Waals surface area contributed by atoms with Crippen LogP contribution in [0.25, 0.3) is 0 Å². The third kappa shape index (κ3) is 5.44. The highest BCUT2D eigenvalue weighted by Gasteiger charge is 2.09. The molecule has 2 aromatic carbocycles. The summed E-state index contributed by atoms with van der Waals surface area (Å²) in [6.07, 6.45) is 0. The maximum Gasteiger partial charge on any atom is 0.319 e. The van der Waals surface area contributed by atoms with Crippen molar-refractivity contribution < 1.29 is 9.53 Å². The van der Waals surface area contributed by atoms with Gasteiger partial charge in [0.2, 0.25) is 0 Å². The number of halogens is 2. The van der Waals surface area contributed by atoms with E-state index < -0.39 is 0 Å². The first-order chi connectivity index (χ1) is 11.0. The van der Waals surface area contributed by atoms with Crippen LogP contribution in [-0.4, -0.2) is 19.2 Å². The Morgan fingerprint density at radius 2 is 2.04 bits per heavy atom.